The molecule has 2 heteroatoms. The van der Waals surface area contributed by atoms with Gasteiger partial charge < -0.3 is 4.90 Å². The van der Waals surface area contributed by atoms with Gasteiger partial charge in [0.1, 0.15) is 0 Å². The van der Waals surface area contributed by atoms with Crippen molar-refractivity contribution in [3.05, 3.63) is 58.5 Å². The molecule has 138 valence electrons. The first kappa shape index (κ1) is 10.2. The van der Waals surface area contributed by atoms with E-state index in [1.165, 1.54) is 13.0 Å². The van der Waals surface area contributed by atoms with Crippen molar-refractivity contribution in [1.29, 1.82) is 0 Å². The molecule has 1 saturated carbocycles. The molecule has 26 heavy (non-hydrogen) atoms. The van der Waals surface area contributed by atoms with E-state index in [0.717, 1.165) is 25.7 Å². The number of fused-ring (bicyclic) bond motifs is 3. The zero-order valence-electron chi connectivity index (χ0n) is 24.5. The number of hydrogen-bond acceptors (Lipinski definition) is 1. The number of halogens is 1. The molecule has 2 aliphatic rings. The first-order valence-electron chi connectivity index (χ1n) is 13.6. The number of anilines is 2. The molecule has 2 aromatic carbocycles. The minimum absolute atomic E-state index is 0.0303. The molecule has 0 N–H and O–H groups in total. The van der Waals surface area contributed by atoms with E-state index in [9.17, 15) is 0 Å². The van der Waals surface area contributed by atoms with Crippen LogP contribution in [0.4, 0.5) is 11.4 Å². The minimum Gasteiger partial charge on any atom is -0.334 e. The van der Waals surface area contributed by atoms with Gasteiger partial charge in [-0.25, -0.2) is 0 Å². The van der Waals surface area contributed by atoms with Crippen molar-refractivity contribution in [2.75, 3.05) is 4.90 Å². The highest BCUT2D eigenvalue weighted by atomic mass is 35.5. The Morgan fingerprint density at radius 3 is 2.69 bits per heavy atom. The number of hydrogen-bond donors (Lipinski definition) is 0. The first-order chi connectivity index (χ1) is 15.9. The fraction of sp³-hybridized carbons (Fsp3) is 0.500. The van der Waals surface area contributed by atoms with Crippen LogP contribution < -0.4 is 4.90 Å². The molecule has 0 amide bonds. The second-order valence-electron chi connectivity index (χ2n) is 8.27. The molecule has 2 unspecified atom stereocenters. The lowest BCUT2D eigenvalue weighted by molar-refractivity contribution is 0.195. The summed E-state index contributed by atoms with van der Waals surface area (Å²) < 4.78 is 73.9. The smallest absolute Gasteiger partial charge is 0.0627 e. The molecule has 1 nitrogen and oxygen atoms in total. The number of nitrogens with zero attached hydrogens (tertiary/aromatic N) is 1. The molecule has 4 rings (SSSR count). The highest BCUT2D eigenvalue weighted by Gasteiger charge is 2.57. The zero-order valence-corrected chi connectivity index (χ0v) is 16.2. The summed E-state index contributed by atoms with van der Waals surface area (Å²) in [4.78, 5) is 2.01. The van der Waals surface area contributed by atoms with Gasteiger partial charge in [0.2, 0.25) is 0 Å². The Morgan fingerprint density at radius 1 is 1.15 bits per heavy atom. The normalized spacial score (nSPS) is 34.0. The molecular formula is C24H30ClN. The lowest BCUT2D eigenvalue weighted by Crippen LogP contribution is -2.54. The van der Waals surface area contributed by atoms with Crippen LogP contribution in [0.3, 0.4) is 0 Å². The predicted molar refractivity (Wildman–Crippen MR) is 113 cm³/mol. The maximum absolute atomic E-state index is 8.74. The fourth-order valence-corrected chi connectivity index (χ4v) is 5.09. The van der Waals surface area contributed by atoms with Crippen LogP contribution in [0.5, 0.6) is 0 Å². The van der Waals surface area contributed by atoms with E-state index in [0.29, 0.717) is 16.9 Å². The quantitative estimate of drug-likeness (QED) is 0.501. The lowest BCUT2D eigenvalue weighted by atomic mass is 9.61. The van der Waals surface area contributed by atoms with Gasteiger partial charge in [-0.2, -0.15) is 0 Å². The topological polar surface area (TPSA) is 3.24 Å². The van der Waals surface area contributed by atoms with Crippen LogP contribution in [0.25, 0.3) is 0 Å². The summed E-state index contributed by atoms with van der Waals surface area (Å²) in [5.41, 5.74) is -1.24. The van der Waals surface area contributed by atoms with Crippen LogP contribution in [0.15, 0.2) is 42.4 Å². The van der Waals surface area contributed by atoms with E-state index >= 15 is 0 Å². The van der Waals surface area contributed by atoms with Crippen LogP contribution in [-0.4, -0.2) is 5.54 Å². The van der Waals surface area contributed by atoms with Crippen molar-refractivity contribution in [3.8, 4) is 0 Å². The maximum atomic E-state index is 8.74. The lowest BCUT2D eigenvalue weighted by Gasteiger charge is -2.50. The Bertz CT molecular complexity index is 1170. The average molecular weight is 377 g/mol. The Kier molecular flexibility index (Phi) is 2.26. The summed E-state index contributed by atoms with van der Waals surface area (Å²) in [6.07, 6.45) is 3.48. The van der Waals surface area contributed by atoms with Gasteiger partial charge in [0.15, 0.2) is 0 Å². The number of para-hydroxylation sites is 1. The molecule has 1 fully saturated rings. The molecule has 0 saturated heterocycles. The molecule has 0 spiro atoms. The molecule has 1 heterocycles. The number of rotatable bonds is 1. The number of benzene rings is 2. The highest BCUT2D eigenvalue weighted by molar-refractivity contribution is 6.31. The highest BCUT2D eigenvalue weighted by Crippen LogP contribution is 2.60. The van der Waals surface area contributed by atoms with E-state index in [-0.39, 0.29) is 28.7 Å². The Morgan fingerprint density at radius 2 is 1.92 bits per heavy atom. The molecule has 0 aromatic heterocycles. The largest absolute Gasteiger partial charge is 0.334 e. The Labute approximate surface area is 176 Å². The zero-order chi connectivity index (χ0) is 26.4. The predicted octanol–water partition coefficient (Wildman–Crippen LogP) is 7.38. The molecule has 2 atom stereocenters. The van der Waals surface area contributed by atoms with Crippen molar-refractivity contribution in [2.45, 2.75) is 76.5 Å². The van der Waals surface area contributed by atoms with Crippen molar-refractivity contribution in [1.82, 2.24) is 0 Å². The van der Waals surface area contributed by atoms with Gasteiger partial charge in [-0.15, -0.1) is 0 Å². The first-order valence-corrected chi connectivity index (χ1v) is 9.50. The average Bonchev–Trinajstić information content (AvgIpc) is 2.92. The van der Waals surface area contributed by atoms with E-state index < -0.39 is 30.1 Å². The van der Waals surface area contributed by atoms with Gasteiger partial charge >= 0.3 is 0 Å². The molecule has 1 aliphatic heterocycles. The second-order valence-corrected chi connectivity index (χ2v) is 8.71. The molecule has 1 aliphatic carbocycles. The van der Waals surface area contributed by atoms with E-state index in [1.807, 2.05) is 4.90 Å². The summed E-state index contributed by atoms with van der Waals surface area (Å²) >= 11 is 6.51. The van der Waals surface area contributed by atoms with Gasteiger partial charge in [0, 0.05) is 30.0 Å². The summed E-state index contributed by atoms with van der Waals surface area (Å²) in [7, 11) is 0. The third-order valence-electron chi connectivity index (χ3n) is 6.51. The van der Waals surface area contributed by atoms with E-state index in [1.54, 1.807) is 18.2 Å². The van der Waals surface area contributed by atoms with Crippen LogP contribution >= 0.6 is 11.6 Å². The summed E-state index contributed by atoms with van der Waals surface area (Å²) in [5.74, 6) is 0. The Balaban J connectivity index is 2.04. The van der Waals surface area contributed by atoms with Crippen molar-refractivity contribution in [3.63, 3.8) is 0 Å². The Hall–Kier alpha value is -1.47. The molecular weight excluding hydrogens is 338 g/mol. The van der Waals surface area contributed by atoms with Crippen LogP contribution in [0.1, 0.15) is 83.6 Å². The van der Waals surface area contributed by atoms with Gasteiger partial charge in [-0.1, -0.05) is 70.1 Å². The summed E-state index contributed by atoms with van der Waals surface area (Å²) in [5, 5.41) is 0.209. The maximum Gasteiger partial charge on any atom is 0.0627 e. The molecule has 2 aromatic rings. The van der Waals surface area contributed by atoms with Crippen molar-refractivity contribution < 1.29 is 12.3 Å². The van der Waals surface area contributed by atoms with E-state index in [2.05, 4.69) is 13.8 Å². The molecule has 0 radical (unpaired) electrons. The van der Waals surface area contributed by atoms with Crippen LogP contribution in [0, 0.1) is 0 Å². The third-order valence-corrected chi connectivity index (χ3v) is 6.73. The third kappa shape index (κ3) is 2.43. The van der Waals surface area contributed by atoms with Crippen LogP contribution in [-0.2, 0) is 10.8 Å². The second kappa shape index (κ2) is 5.76. The fourth-order valence-electron chi connectivity index (χ4n) is 4.86. The van der Waals surface area contributed by atoms with Crippen molar-refractivity contribution >= 4 is 23.0 Å². The van der Waals surface area contributed by atoms with Gasteiger partial charge in [0.25, 0.3) is 0 Å². The monoisotopic (exact) mass is 376 g/mol. The summed E-state index contributed by atoms with van der Waals surface area (Å²) in [6, 6.07) is 6.11. The standard InChI is InChI=1S/C24H30ClN/c1-22(2,3)17-14-18(25)16-19(15-17)26-21-11-7-6-10-20(21)23(4)12-8-9-13-24(23,26)5/h6-7,10-11,14-16H,8-9,12-13H2,1-5H3/i1D3,2D3,6D,7D,10D. The summed E-state index contributed by atoms with van der Waals surface area (Å²) in [6.45, 7) is -0.244. The molecule has 0 bridgehead atoms. The van der Waals surface area contributed by atoms with Gasteiger partial charge in [-0.05, 0) is 60.6 Å². The van der Waals surface area contributed by atoms with E-state index in [4.69, 9.17) is 23.9 Å². The van der Waals surface area contributed by atoms with Crippen molar-refractivity contribution in [2.24, 2.45) is 0 Å². The van der Waals surface area contributed by atoms with Gasteiger partial charge in [-0.3, -0.25) is 0 Å². The van der Waals surface area contributed by atoms with Gasteiger partial charge in [0.05, 0.1) is 9.65 Å². The SMILES string of the molecule is [2H]c1cc2c(c([2H])c1[2H])C1(C)CCCCC1(C)N2c1cc(Cl)cc(C(C)(C([2H])([2H])[2H])C([2H])([2H])[2H])c1. The minimum atomic E-state index is -2.82. The van der Waals surface area contributed by atoms with Crippen LogP contribution in [0.2, 0.25) is 5.02 Å².